The van der Waals surface area contributed by atoms with Crippen molar-refractivity contribution >= 4 is 35.0 Å². The Morgan fingerprint density at radius 3 is 1.12 bits per heavy atom. The zero-order valence-corrected chi connectivity index (χ0v) is 17.4. The molecule has 0 radical (unpaired) electrons. The Bertz CT molecular complexity index is 224. The summed E-state index contributed by atoms with van der Waals surface area (Å²) < 4.78 is 0. The molecule has 5 nitrogen and oxygen atoms in total. The van der Waals surface area contributed by atoms with E-state index in [0.717, 1.165) is 38.5 Å². The Balaban J connectivity index is -0.000000138. The van der Waals surface area contributed by atoms with Gasteiger partial charge in [0.15, 0.2) is 0 Å². The van der Waals surface area contributed by atoms with Crippen molar-refractivity contribution in [2.75, 3.05) is 6.61 Å². The predicted molar refractivity (Wildman–Crippen MR) is 95.3 cm³/mol. The molecule has 0 amide bonds. The van der Waals surface area contributed by atoms with E-state index < -0.39 is 11.9 Å². The fourth-order valence-corrected chi connectivity index (χ4v) is 1.75. The first-order valence-corrected chi connectivity index (χ1v) is 8.96. The number of carbonyl (C=O) groups excluding carboxylic acids is 2. The van der Waals surface area contributed by atoms with E-state index in [9.17, 15) is 19.8 Å². The van der Waals surface area contributed by atoms with Crippen LogP contribution in [0.4, 0.5) is 0 Å². The maximum absolute atomic E-state index is 9.92. The van der Waals surface area contributed by atoms with Crippen LogP contribution in [0, 0.1) is 0 Å². The van der Waals surface area contributed by atoms with E-state index in [1.54, 1.807) is 6.92 Å². The van der Waals surface area contributed by atoms with Gasteiger partial charge >= 0.3 is 23.1 Å². The third kappa shape index (κ3) is 49.5. The number of aliphatic hydroxyl groups excluding tert-OH is 1. The van der Waals surface area contributed by atoms with E-state index in [2.05, 4.69) is 13.8 Å². The van der Waals surface area contributed by atoms with E-state index in [1.807, 2.05) is 0 Å². The van der Waals surface area contributed by atoms with Gasteiger partial charge in [0.1, 0.15) is 0 Å². The van der Waals surface area contributed by atoms with Gasteiger partial charge in [-0.15, -0.1) is 0 Å². The van der Waals surface area contributed by atoms with Gasteiger partial charge < -0.3 is 24.9 Å². The molecular formula is C18H36MgO5. The topological polar surface area (TPSA) is 100 Å². The smallest absolute Gasteiger partial charge is 0.550 e. The average molecular weight is 357 g/mol. The summed E-state index contributed by atoms with van der Waals surface area (Å²) >= 11 is 0. The van der Waals surface area contributed by atoms with E-state index in [0.29, 0.717) is 0 Å². The van der Waals surface area contributed by atoms with Crippen molar-refractivity contribution in [3.05, 3.63) is 0 Å². The van der Waals surface area contributed by atoms with E-state index in [1.165, 1.54) is 25.7 Å². The molecule has 0 aromatic rings. The second-order valence-electron chi connectivity index (χ2n) is 5.39. The maximum Gasteiger partial charge on any atom is 2.00 e. The number of carbonyl (C=O) groups is 2. The van der Waals surface area contributed by atoms with Crippen LogP contribution in [-0.2, 0) is 9.59 Å². The SMILES string of the molecule is CCCCCCCC(=O)[O-].CCCCCCCC(=O)[O-].CCO.[Mg+2]. The number of carboxylic acid groups (broad SMARTS) is 2. The van der Waals surface area contributed by atoms with Crippen LogP contribution >= 0.6 is 0 Å². The first-order valence-electron chi connectivity index (χ1n) is 8.96. The fourth-order valence-electron chi connectivity index (χ4n) is 1.75. The number of carboxylic acids is 2. The molecule has 0 aliphatic carbocycles. The van der Waals surface area contributed by atoms with Crippen LogP contribution in [-0.4, -0.2) is 46.7 Å². The first-order chi connectivity index (χ1) is 11.0. The van der Waals surface area contributed by atoms with Crippen molar-refractivity contribution in [1.29, 1.82) is 0 Å². The van der Waals surface area contributed by atoms with E-state index in [-0.39, 0.29) is 42.5 Å². The molecule has 0 rings (SSSR count). The van der Waals surface area contributed by atoms with Gasteiger partial charge in [-0.05, 0) is 32.6 Å². The quantitative estimate of drug-likeness (QED) is 0.424. The predicted octanol–water partition coefficient (Wildman–Crippen LogP) is 1.81. The number of aliphatic hydroxyl groups is 1. The maximum atomic E-state index is 9.92. The van der Waals surface area contributed by atoms with Gasteiger partial charge in [-0.3, -0.25) is 0 Å². The van der Waals surface area contributed by atoms with Gasteiger partial charge in [0, 0.05) is 18.5 Å². The minimum atomic E-state index is -0.920. The van der Waals surface area contributed by atoms with Gasteiger partial charge in [-0.1, -0.05) is 65.2 Å². The molecule has 0 saturated carbocycles. The summed E-state index contributed by atoms with van der Waals surface area (Å²) in [7, 11) is 0. The summed E-state index contributed by atoms with van der Waals surface area (Å²) in [6.07, 6.45) is 11.2. The van der Waals surface area contributed by atoms with Crippen molar-refractivity contribution in [1.82, 2.24) is 0 Å². The van der Waals surface area contributed by atoms with Gasteiger partial charge in [-0.25, -0.2) is 0 Å². The van der Waals surface area contributed by atoms with Crippen LogP contribution in [0.25, 0.3) is 0 Å². The molecule has 0 aliphatic rings. The third-order valence-corrected chi connectivity index (χ3v) is 2.97. The number of aliphatic carboxylic acids is 2. The summed E-state index contributed by atoms with van der Waals surface area (Å²) in [5, 5.41) is 27.4. The minimum absolute atomic E-state index is 0. The van der Waals surface area contributed by atoms with Gasteiger partial charge in [0.25, 0.3) is 0 Å². The summed E-state index contributed by atoms with van der Waals surface area (Å²) in [5.41, 5.74) is 0. The molecule has 140 valence electrons. The molecule has 0 spiro atoms. The van der Waals surface area contributed by atoms with Gasteiger partial charge in [0.05, 0.1) is 0 Å². The molecule has 0 saturated heterocycles. The summed E-state index contributed by atoms with van der Waals surface area (Å²) in [6, 6.07) is 0. The van der Waals surface area contributed by atoms with Crippen molar-refractivity contribution in [3.63, 3.8) is 0 Å². The number of unbranched alkanes of at least 4 members (excludes halogenated alkanes) is 8. The standard InChI is InChI=1S/2C8H16O2.C2H6O.Mg/c2*1-2-3-4-5-6-7-8(9)10;1-2-3;/h2*2-7H2,1H3,(H,9,10);3H,2H2,1H3;/q;;;+2/p-2. The van der Waals surface area contributed by atoms with Gasteiger partial charge in [-0.2, -0.15) is 0 Å². The van der Waals surface area contributed by atoms with Crippen LogP contribution in [0.1, 0.15) is 97.8 Å². The summed E-state index contributed by atoms with van der Waals surface area (Å²) in [5.74, 6) is -1.84. The van der Waals surface area contributed by atoms with Crippen LogP contribution in [0.15, 0.2) is 0 Å². The second kappa shape index (κ2) is 30.5. The van der Waals surface area contributed by atoms with Crippen LogP contribution in [0.3, 0.4) is 0 Å². The monoisotopic (exact) mass is 356 g/mol. The molecule has 0 heterocycles. The van der Waals surface area contributed by atoms with Crippen LogP contribution in [0.2, 0.25) is 0 Å². The molecule has 24 heavy (non-hydrogen) atoms. The van der Waals surface area contributed by atoms with E-state index in [4.69, 9.17) is 5.11 Å². The Kier molecular flexibility index (Phi) is 40.0. The second-order valence-corrected chi connectivity index (χ2v) is 5.39. The van der Waals surface area contributed by atoms with Crippen molar-refractivity contribution in [2.24, 2.45) is 0 Å². The van der Waals surface area contributed by atoms with Crippen molar-refractivity contribution < 1.29 is 24.9 Å². The number of hydrogen-bond acceptors (Lipinski definition) is 5. The van der Waals surface area contributed by atoms with Gasteiger partial charge in [0.2, 0.25) is 0 Å². The average Bonchev–Trinajstić information content (AvgIpc) is 2.48. The molecule has 0 unspecified atom stereocenters. The molecule has 0 aromatic heterocycles. The molecule has 0 aliphatic heterocycles. The first kappa shape index (κ1) is 31.4. The van der Waals surface area contributed by atoms with Crippen molar-refractivity contribution in [3.8, 4) is 0 Å². The molecular weight excluding hydrogens is 320 g/mol. The Morgan fingerprint density at radius 2 is 0.917 bits per heavy atom. The zero-order chi connectivity index (χ0) is 18.3. The molecule has 0 fully saturated rings. The Labute approximate surface area is 164 Å². The van der Waals surface area contributed by atoms with Crippen molar-refractivity contribution in [2.45, 2.75) is 97.8 Å². The number of hydrogen-bond donors (Lipinski definition) is 1. The van der Waals surface area contributed by atoms with Crippen LogP contribution in [0.5, 0.6) is 0 Å². The summed E-state index contributed by atoms with van der Waals surface area (Å²) in [4.78, 5) is 19.8. The fraction of sp³-hybridized carbons (Fsp3) is 0.889. The van der Waals surface area contributed by atoms with E-state index >= 15 is 0 Å². The molecule has 0 bridgehead atoms. The summed E-state index contributed by atoms with van der Waals surface area (Å²) in [6.45, 7) is 6.21. The largest absolute Gasteiger partial charge is 2.00 e. The molecule has 1 N–H and O–H groups in total. The Hall–Kier alpha value is -0.334. The molecule has 6 heteroatoms. The van der Waals surface area contributed by atoms with Crippen LogP contribution < -0.4 is 10.2 Å². The molecule has 0 aromatic carbocycles. The third-order valence-electron chi connectivity index (χ3n) is 2.97. The Morgan fingerprint density at radius 1 is 0.667 bits per heavy atom. The minimum Gasteiger partial charge on any atom is -0.550 e. The zero-order valence-electron chi connectivity index (χ0n) is 16.0. The molecule has 0 atom stereocenters. The number of rotatable bonds is 12. The normalized spacial score (nSPS) is 8.83.